The van der Waals surface area contributed by atoms with Gasteiger partial charge < -0.3 is 19.2 Å². The number of hydrogen-bond acceptors (Lipinski definition) is 5. The molecule has 4 rings (SSSR count). The summed E-state index contributed by atoms with van der Waals surface area (Å²) < 4.78 is 30.1. The number of carbonyl (C=O) groups excluding carboxylic acids is 1. The van der Waals surface area contributed by atoms with Gasteiger partial charge in [0, 0.05) is 18.5 Å². The van der Waals surface area contributed by atoms with Crippen molar-refractivity contribution >= 4 is 22.6 Å². The molecule has 1 amide bonds. The normalized spacial score (nSPS) is 16.9. The van der Waals surface area contributed by atoms with E-state index < -0.39 is 0 Å². The number of nitrogens with zero attached hydrogens (tertiary/aromatic N) is 1. The Morgan fingerprint density at radius 3 is 2.83 bits per heavy atom. The number of amides is 1. The van der Waals surface area contributed by atoms with Crippen LogP contribution in [0, 0.1) is 5.82 Å². The highest BCUT2D eigenvalue weighted by Gasteiger charge is 2.19. The van der Waals surface area contributed by atoms with E-state index in [9.17, 15) is 9.18 Å². The second kappa shape index (κ2) is 8.45. The lowest BCUT2D eigenvalue weighted by atomic mass is 10.1. The molecule has 0 saturated carbocycles. The first-order valence-corrected chi connectivity index (χ1v) is 9.45. The van der Waals surface area contributed by atoms with Gasteiger partial charge in [0.2, 0.25) is 5.55 Å². The maximum atomic E-state index is 13.2. The minimum absolute atomic E-state index is 0.0222. The minimum atomic E-state index is -0.365. The first-order chi connectivity index (χ1) is 14.1. The average molecular weight is 396 g/mol. The first kappa shape index (κ1) is 19.1. The van der Waals surface area contributed by atoms with E-state index in [0.717, 1.165) is 19.4 Å². The molecule has 2 heterocycles. The van der Waals surface area contributed by atoms with Crippen molar-refractivity contribution in [3.05, 3.63) is 65.5 Å². The first-order valence-electron chi connectivity index (χ1n) is 9.45. The smallest absolute Gasteiger partial charge is 0.256 e. The molecule has 1 aliphatic rings. The van der Waals surface area contributed by atoms with Crippen LogP contribution in [0.1, 0.15) is 23.2 Å². The summed E-state index contributed by atoms with van der Waals surface area (Å²) in [6, 6.07) is 12.8. The largest absolute Gasteiger partial charge is 0.493 e. The van der Waals surface area contributed by atoms with Crippen LogP contribution in [-0.4, -0.2) is 32.3 Å². The molecule has 0 bridgehead atoms. The third-order valence-electron chi connectivity index (χ3n) is 4.77. The highest BCUT2D eigenvalue weighted by molar-refractivity contribution is 5.97. The van der Waals surface area contributed by atoms with Crippen molar-refractivity contribution in [1.29, 1.82) is 0 Å². The number of nitrogens with one attached hydrogen (secondary N) is 1. The van der Waals surface area contributed by atoms with Crippen LogP contribution in [0.3, 0.4) is 0 Å². The van der Waals surface area contributed by atoms with Gasteiger partial charge in [-0.3, -0.25) is 4.79 Å². The molecule has 1 aromatic heterocycles. The van der Waals surface area contributed by atoms with Crippen LogP contribution in [0.2, 0.25) is 0 Å². The van der Waals surface area contributed by atoms with Gasteiger partial charge in [0.25, 0.3) is 5.91 Å². The van der Waals surface area contributed by atoms with Gasteiger partial charge in [0.1, 0.15) is 11.4 Å². The van der Waals surface area contributed by atoms with Crippen molar-refractivity contribution in [3.8, 4) is 5.75 Å². The van der Waals surface area contributed by atoms with Crippen molar-refractivity contribution in [1.82, 2.24) is 5.32 Å². The molecule has 2 aromatic carbocycles. The van der Waals surface area contributed by atoms with Crippen LogP contribution in [0.5, 0.6) is 5.75 Å². The quantitative estimate of drug-likeness (QED) is 0.713. The monoisotopic (exact) mass is 396 g/mol. The van der Waals surface area contributed by atoms with Crippen LogP contribution in [0.25, 0.3) is 11.0 Å². The zero-order chi connectivity index (χ0) is 20.2. The van der Waals surface area contributed by atoms with E-state index in [4.69, 9.17) is 13.9 Å². The van der Waals surface area contributed by atoms with E-state index >= 15 is 0 Å². The minimum Gasteiger partial charge on any atom is -0.493 e. The van der Waals surface area contributed by atoms with Crippen LogP contribution in [-0.2, 0) is 4.74 Å². The zero-order valence-corrected chi connectivity index (χ0v) is 16.0. The lowest BCUT2D eigenvalue weighted by Crippen LogP contribution is -2.34. The van der Waals surface area contributed by atoms with E-state index in [1.807, 2.05) is 12.1 Å². The average Bonchev–Trinajstić information content (AvgIpc) is 3.26. The Kier molecular flexibility index (Phi) is 5.57. The number of rotatable bonds is 5. The fourth-order valence-electron chi connectivity index (χ4n) is 3.27. The van der Waals surface area contributed by atoms with Crippen molar-refractivity contribution in [3.63, 3.8) is 0 Å². The highest BCUT2D eigenvalue weighted by Crippen LogP contribution is 2.25. The van der Waals surface area contributed by atoms with Crippen molar-refractivity contribution < 1.29 is 23.1 Å². The summed E-state index contributed by atoms with van der Waals surface area (Å²) in [4.78, 5) is 17.3. The SMILES string of the molecule is COc1cccc2cc(C(=O)NC[C@@H]3CCCO3)c(=Nc3ccc(F)cc3)oc12. The molecule has 1 fully saturated rings. The topological polar surface area (TPSA) is 73.1 Å². The second-order valence-corrected chi connectivity index (χ2v) is 6.78. The van der Waals surface area contributed by atoms with Crippen LogP contribution >= 0.6 is 0 Å². The molecule has 0 aliphatic carbocycles. The van der Waals surface area contributed by atoms with Gasteiger partial charge in [0.05, 0.1) is 18.9 Å². The Bertz CT molecular complexity index is 1090. The number of benzene rings is 2. The number of ether oxygens (including phenoxy) is 2. The van der Waals surface area contributed by atoms with Crippen molar-refractivity contribution in [2.24, 2.45) is 4.99 Å². The van der Waals surface area contributed by atoms with Gasteiger partial charge in [-0.15, -0.1) is 0 Å². The Hall–Kier alpha value is -3.19. The second-order valence-electron chi connectivity index (χ2n) is 6.78. The number of hydrogen-bond donors (Lipinski definition) is 1. The van der Waals surface area contributed by atoms with Gasteiger partial charge in [0.15, 0.2) is 11.3 Å². The molecule has 0 radical (unpaired) electrons. The summed E-state index contributed by atoms with van der Waals surface area (Å²) >= 11 is 0. The van der Waals surface area contributed by atoms with Gasteiger partial charge in [-0.1, -0.05) is 12.1 Å². The number of para-hydroxylation sites is 1. The van der Waals surface area contributed by atoms with Crippen molar-refractivity contribution in [2.45, 2.75) is 18.9 Å². The summed E-state index contributed by atoms with van der Waals surface area (Å²) in [6.45, 7) is 1.14. The molecule has 3 aromatic rings. The van der Waals surface area contributed by atoms with Gasteiger partial charge in [-0.2, -0.15) is 0 Å². The predicted octanol–water partition coefficient (Wildman–Crippen LogP) is 3.72. The Morgan fingerprint density at radius 2 is 2.10 bits per heavy atom. The van der Waals surface area contributed by atoms with E-state index in [2.05, 4.69) is 10.3 Å². The molecular weight excluding hydrogens is 375 g/mol. The standard InChI is InChI=1S/C22H21FN2O4/c1-27-19-6-2-4-14-12-18(21(26)24-13-17-5-3-11-28-17)22(29-20(14)19)25-16-9-7-15(23)8-10-16/h2,4,6-10,12,17H,3,5,11,13H2,1H3,(H,24,26)/t17-/m0/s1. The molecular formula is C22H21FN2O4. The zero-order valence-electron chi connectivity index (χ0n) is 16.0. The van der Waals surface area contributed by atoms with Gasteiger partial charge in [-0.25, -0.2) is 9.38 Å². The molecule has 0 spiro atoms. The number of carbonyl (C=O) groups is 1. The Balaban J connectivity index is 1.77. The summed E-state index contributed by atoms with van der Waals surface area (Å²) in [7, 11) is 1.54. The fraction of sp³-hybridized carbons (Fsp3) is 0.273. The third-order valence-corrected chi connectivity index (χ3v) is 4.77. The van der Waals surface area contributed by atoms with Crippen molar-refractivity contribution in [2.75, 3.05) is 20.3 Å². The Morgan fingerprint density at radius 1 is 1.28 bits per heavy atom. The molecule has 29 heavy (non-hydrogen) atoms. The maximum absolute atomic E-state index is 13.2. The molecule has 1 saturated heterocycles. The van der Waals surface area contributed by atoms with Gasteiger partial charge in [-0.05, 0) is 49.2 Å². The molecule has 0 unspecified atom stereocenters. The molecule has 7 heteroatoms. The lowest BCUT2D eigenvalue weighted by molar-refractivity contribution is 0.0854. The van der Waals surface area contributed by atoms with Gasteiger partial charge >= 0.3 is 0 Å². The maximum Gasteiger partial charge on any atom is 0.256 e. The molecule has 150 valence electrons. The number of fused-ring (bicyclic) bond motifs is 1. The van der Waals surface area contributed by atoms with Crippen LogP contribution in [0.15, 0.2) is 57.9 Å². The fourth-order valence-corrected chi connectivity index (χ4v) is 3.27. The van der Waals surface area contributed by atoms with Crippen LogP contribution in [0.4, 0.5) is 10.1 Å². The van der Waals surface area contributed by atoms with E-state index in [1.165, 1.54) is 24.3 Å². The predicted molar refractivity (Wildman–Crippen MR) is 106 cm³/mol. The van der Waals surface area contributed by atoms with Crippen LogP contribution < -0.4 is 15.6 Å². The number of methoxy groups -OCH3 is 1. The molecule has 1 aliphatic heterocycles. The van der Waals surface area contributed by atoms with E-state index in [-0.39, 0.29) is 28.9 Å². The molecule has 6 nitrogen and oxygen atoms in total. The number of halogens is 1. The van der Waals surface area contributed by atoms with E-state index in [1.54, 1.807) is 19.2 Å². The molecule has 1 atom stereocenters. The Labute approximate surface area is 167 Å². The van der Waals surface area contributed by atoms with E-state index in [0.29, 0.717) is 29.0 Å². The summed E-state index contributed by atoms with van der Waals surface area (Å²) in [6.07, 6.45) is 1.94. The third kappa shape index (κ3) is 4.30. The summed E-state index contributed by atoms with van der Waals surface area (Å²) in [5.74, 6) is -0.144. The highest BCUT2D eigenvalue weighted by atomic mass is 19.1. The lowest BCUT2D eigenvalue weighted by Gasteiger charge is -2.11. The summed E-state index contributed by atoms with van der Waals surface area (Å²) in [5, 5.41) is 3.61. The molecule has 1 N–H and O–H groups in total. The summed E-state index contributed by atoms with van der Waals surface area (Å²) in [5.41, 5.74) is 1.36.